The molecule has 2 aromatic heterocycles. The summed E-state index contributed by atoms with van der Waals surface area (Å²) in [6.45, 7) is 1.55. The van der Waals surface area contributed by atoms with E-state index in [1.54, 1.807) is 19.1 Å². The Morgan fingerprint density at radius 1 is 0.862 bits per heavy atom. The zero-order chi connectivity index (χ0) is 20.0. The molecule has 0 amide bonds. The van der Waals surface area contributed by atoms with Gasteiger partial charge in [-0.2, -0.15) is 0 Å². The van der Waals surface area contributed by atoms with Crippen LogP contribution in [0, 0.1) is 0 Å². The maximum absolute atomic E-state index is 11.7. The fourth-order valence-electron chi connectivity index (χ4n) is 3.37. The number of ketones is 1. The molecule has 0 radical (unpaired) electrons. The summed E-state index contributed by atoms with van der Waals surface area (Å²) in [6.07, 6.45) is 0. The van der Waals surface area contributed by atoms with Crippen molar-refractivity contribution < 1.29 is 4.79 Å². The lowest BCUT2D eigenvalue weighted by atomic mass is 10.1. The van der Waals surface area contributed by atoms with Crippen LogP contribution in [0.1, 0.15) is 17.3 Å². The third-order valence-electron chi connectivity index (χ3n) is 4.78. The van der Waals surface area contributed by atoms with E-state index >= 15 is 0 Å². The Morgan fingerprint density at radius 3 is 2.28 bits per heavy atom. The summed E-state index contributed by atoms with van der Waals surface area (Å²) >= 11 is 6.23. The van der Waals surface area contributed by atoms with Gasteiger partial charge in [-0.15, -0.1) is 0 Å². The molecule has 29 heavy (non-hydrogen) atoms. The van der Waals surface area contributed by atoms with E-state index in [1.165, 1.54) is 0 Å². The molecule has 0 aliphatic rings. The predicted molar refractivity (Wildman–Crippen MR) is 115 cm³/mol. The van der Waals surface area contributed by atoms with Crippen LogP contribution in [0.4, 0.5) is 0 Å². The third kappa shape index (κ3) is 3.05. The van der Waals surface area contributed by atoms with E-state index < -0.39 is 0 Å². The third-order valence-corrected chi connectivity index (χ3v) is 5.02. The molecule has 3 aromatic carbocycles. The van der Waals surface area contributed by atoms with Crippen molar-refractivity contribution in [3.05, 3.63) is 83.4 Å². The van der Waals surface area contributed by atoms with Crippen LogP contribution in [0.3, 0.4) is 0 Å². The summed E-state index contributed by atoms with van der Waals surface area (Å²) in [6, 6.07) is 22.6. The quantitative estimate of drug-likeness (QED) is 0.377. The van der Waals surface area contributed by atoms with Crippen LogP contribution in [-0.4, -0.2) is 25.3 Å². The fraction of sp³-hybridized carbons (Fsp3) is 0.0435. The number of aromatic nitrogens is 4. The molecule has 0 N–H and O–H groups in total. The Bertz CT molecular complexity index is 1390. The SMILES string of the molecule is CC(=O)c1ccc(-n2c(-c3cccc(Cl)c3)nc3nc4ccccc4nc32)cc1. The van der Waals surface area contributed by atoms with Gasteiger partial charge in [0.1, 0.15) is 5.82 Å². The molecular weight excluding hydrogens is 384 g/mol. The van der Waals surface area contributed by atoms with Gasteiger partial charge < -0.3 is 0 Å². The van der Waals surface area contributed by atoms with Crippen molar-refractivity contribution in [2.75, 3.05) is 0 Å². The first-order chi connectivity index (χ1) is 14.1. The van der Waals surface area contributed by atoms with Crippen molar-refractivity contribution in [2.24, 2.45) is 0 Å². The number of carbonyl (C=O) groups excluding carboxylic acids is 1. The molecular formula is C23H15ClN4O. The number of hydrogen-bond donors (Lipinski definition) is 0. The van der Waals surface area contributed by atoms with E-state index in [0.717, 1.165) is 22.3 Å². The molecule has 5 aromatic rings. The number of para-hydroxylation sites is 2. The standard InChI is InChI=1S/C23H15ClN4O/c1-14(29)15-9-11-18(12-10-15)28-22(16-5-4-6-17(24)13-16)27-21-23(28)26-20-8-3-2-7-19(20)25-21/h2-13H,1H3. The van der Waals surface area contributed by atoms with Gasteiger partial charge in [0.2, 0.25) is 0 Å². The summed E-state index contributed by atoms with van der Waals surface area (Å²) < 4.78 is 1.95. The highest BCUT2D eigenvalue weighted by Crippen LogP contribution is 2.29. The first kappa shape index (κ1) is 17.5. The normalized spacial score (nSPS) is 11.2. The molecule has 6 heteroatoms. The van der Waals surface area contributed by atoms with Crippen LogP contribution in [-0.2, 0) is 0 Å². The lowest BCUT2D eigenvalue weighted by molar-refractivity contribution is 0.101. The van der Waals surface area contributed by atoms with Gasteiger partial charge >= 0.3 is 0 Å². The Hall–Kier alpha value is -3.57. The molecule has 0 bridgehead atoms. The lowest BCUT2D eigenvalue weighted by Gasteiger charge is -2.10. The molecule has 0 saturated heterocycles. The van der Waals surface area contributed by atoms with Crippen LogP contribution in [0.15, 0.2) is 72.8 Å². The average Bonchev–Trinajstić information content (AvgIpc) is 3.10. The van der Waals surface area contributed by atoms with Gasteiger partial charge in [0.15, 0.2) is 17.1 Å². The minimum absolute atomic E-state index is 0.0212. The topological polar surface area (TPSA) is 60.7 Å². The number of Topliss-reactive ketones (excluding diaryl/α,β-unsaturated/α-hetero) is 1. The minimum atomic E-state index is 0.0212. The van der Waals surface area contributed by atoms with Crippen molar-refractivity contribution in [3.63, 3.8) is 0 Å². The molecule has 0 aliphatic carbocycles. The second-order valence-corrected chi connectivity index (χ2v) is 7.18. The number of rotatable bonds is 3. The zero-order valence-corrected chi connectivity index (χ0v) is 16.3. The summed E-state index contributed by atoms with van der Waals surface area (Å²) in [5.74, 6) is 0.710. The largest absolute Gasteiger partial charge is 0.295 e. The van der Waals surface area contributed by atoms with Crippen molar-refractivity contribution in [1.82, 2.24) is 19.5 Å². The van der Waals surface area contributed by atoms with Gasteiger partial charge in [0.05, 0.1) is 11.0 Å². The van der Waals surface area contributed by atoms with Crippen LogP contribution >= 0.6 is 11.6 Å². The van der Waals surface area contributed by atoms with E-state index in [0.29, 0.717) is 27.7 Å². The molecule has 0 fully saturated rings. The smallest absolute Gasteiger partial charge is 0.199 e. The Labute approximate surface area is 171 Å². The Kier molecular flexibility index (Phi) is 4.11. The van der Waals surface area contributed by atoms with Crippen LogP contribution < -0.4 is 0 Å². The highest BCUT2D eigenvalue weighted by molar-refractivity contribution is 6.30. The van der Waals surface area contributed by atoms with Crippen molar-refractivity contribution in [3.8, 4) is 17.1 Å². The van der Waals surface area contributed by atoms with Gasteiger partial charge in [-0.05, 0) is 55.5 Å². The first-order valence-electron chi connectivity index (χ1n) is 9.13. The highest BCUT2D eigenvalue weighted by Gasteiger charge is 2.18. The number of halogens is 1. The number of hydrogen-bond acceptors (Lipinski definition) is 4. The summed E-state index contributed by atoms with van der Waals surface area (Å²) in [4.78, 5) is 26.0. The second-order valence-electron chi connectivity index (χ2n) is 6.74. The maximum Gasteiger partial charge on any atom is 0.199 e. The van der Waals surface area contributed by atoms with Crippen LogP contribution in [0.25, 0.3) is 39.4 Å². The number of fused-ring (bicyclic) bond motifs is 2. The molecule has 0 saturated carbocycles. The van der Waals surface area contributed by atoms with E-state index in [1.807, 2.05) is 65.2 Å². The molecule has 0 spiro atoms. The molecule has 5 nitrogen and oxygen atoms in total. The van der Waals surface area contributed by atoms with E-state index in [9.17, 15) is 4.79 Å². The molecule has 2 heterocycles. The van der Waals surface area contributed by atoms with Gasteiger partial charge in [-0.1, -0.05) is 35.9 Å². The monoisotopic (exact) mass is 398 g/mol. The van der Waals surface area contributed by atoms with Gasteiger partial charge in [-0.25, -0.2) is 15.0 Å². The number of benzene rings is 3. The lowest BCUT2D eigenvalue weighted by Crippen LogP contribution is -2.00. The van der Waals surface area contributed by atoms with Crippen molar-refractivity contribution >= 4 is 39.7 Å². The van der Waals surface area contributed by atoms with Crippen LogP contribution in [0.2, 0.25) is 5.02 Å². The number of carbonyl (C=O) groups is 1. The predicted octanol–water partition coefficient (Wildman–Crippen LogP) is 5.49. The second kappa shape index (κ2) is 6.79. The van der Waals surface area contributed by atoms with Crippen LogP contribution in [0.5, 0.6) is 0 Å². The van der Waals surface area contributed by atoms with E-state index in [2.05, 4.69) is 0 Å². The Morgan fingerprint density at radius 2 is 1.59 bits per heavy atom. The fourth-order valence-corrected chi connectivity index (χ4v) is 3.56. The summed E-state index contributed by atoms with van der Waals surface area (Å²) in [5.41, 5.74) is 5.13. The van der Waals surface area contributed by atoms with Gasteiger partial charge in [0, 0.05) is 21.8 Å². The molecule has 5 rings (SSSR count). The van der Waals surface area contributed by atoms with E-state index in [4.69, 9.17) is 26.6 Å². The van der Waals surface area contributed by atoms with E-state index in [-0.39, 0.29) is 5.78 Å². The Balaban J connectivity index is 1.83. The summed E-state index contributed by atoms with van der Waals surface area (Å²) in [7, 11) is 0. The van der Waals surface area contributed by atoms with Crippen molar-refractivity contribution in [2.45, 2.75) is 6.92 Å². The van der Waals surface area contributed by atoms with Gasteiger partial charge in [0.25, 0.3) is 0 Å². The minimum Gasteiger partial charge on any atom is -0.295 e. The number of nitrogens with zero attached hydrogens (tertiary/aromatic N) is 4. The highest BCUT2D eigenvalue weighted by atomic mass is 35.5. The van der Waals surface area contributed by atoms with Crippen molar-refractivity contribution in [1.29, 1.82) is 0 Å². The average molecular weight is 399 g/mol. The zero-order valence-electron chi connectivity index (χ0n) is 15.5. The number of imidazole rings is 1. The summed E-state index contributed by atoms with van der Waals surface area (Å²) in [5, 5.41) is 0.624. The first-order valence-corrected chi connectivity index (χ1v) is 9.50. The molecule has 0 atom stereocenters. The molecule has 0 unspecified atom stereocenters. The molecule has 0 aliphatic heterocycles. The van der Waals surface area contributed by atoms with Gasteiger partial charge in [-0.3, -0.25) is 9.36 Å². The molecule has 140 valence electrons. The maximum atomic E-state index is 11.7.